The number of amides is 2. The minimum atomic E-state index is -1.21. The Morgan fingerprint density at radius 1 is 1.32 bits per heavy atom. The van der Waals surface area contributed by atoms with Crippen LogP contribution in [-0.4, -0.2) is 80.3 Å². The molecule has 34 heavy (non-hydrogen) atoms. The van der Waals surface area contributed by atoms with Gasteiger partial charge in [0.15, 0.2) is 0 Å². The average Bonchev–Trinajstić information content (AvgIpc) is 3.42. The molecular weight excluding hydrogens is 436 g/mol. The van der Waals surface area contributed by atoms with Gasteiger partial charge in [-0.25, -0.2) is 0 Å². The number of carbonyl (C=O) groups excluding carboxylic acids is 2. The van der Waals surface area contributed by atoms with Gasteiger partial charge in [-0.15, -0.1) is 6.58 Å². The Bertz CT molecular complexity index is 973. The molecule has 3 aliphatic heterocycles. The van der Waals surface area contributed by atoms with Crippen molar-refractivity contribution in [2.75, 3.05) is 13.2 Å². The highest BCUT2D eigenvalue weighted by molar-refractivity contribution is 5.98. The van der Waals surface area contributed by atoms with Crippen molar-refractivity contribution < 1.29 is 29.3 Å². The molecule has 2 amide bonds. The summed E-state index contributed by atoms with van der Waals surface area (Å²) in [5.74, 6) is -3.76. The summed E-state index contributed by atoms with van der Waals surface area (Å²) in [5, 5.41) is 20.3. The third-order valence-corrected chi connectivity index (χ3v) is 7.56. The van der Waals surface area contributed by atoms with Crippen LogP contribution in [0.2, 0.25) is 0 Å². The van der Waals surface area contributed by atoms with Crippen LogP contribution in [0.5, 0.6) is 0 Å². The molecule has 1 aromatic rings. The lowest BCUT2D eigenvalue weighted by molar-refractivity contribution is -0.155. The van der Waals surface area contributed by atoms with Crippen molar-refractivity contribution in [1.29, 1.82) is 0 Å². The van der Waals surface area contributed by atoms with Crippen LogP contribution in [0.1, 0.15) is 39.2 Å². The number of carbonyl (C=O) groups is 3. The third-order valence-electron chi connectivity index (χ3n) is 7.56. The van der Waals surface area contributed by atoms with Gasteiger partial charge in [-0.1, -0.05) is 36.4 Å². The third kappa shape index (κ3) is 3.73. The van der Waals surface area contributed by atoms with Gasteiger partial charge in [0.1, 0.15) is 11.6 Å². The number of rotatable bonds is 8. The highest BCUT2D eigenvalue weighted by atomic mass is 16.5. The highest BCUT2D eigenvalue weighted by Crippen LogP contribution is 2.59. The fourth-order valence-corrected chi connectivity index (χ4v) is 6.15. The molecule has 2 N–H and O–H groups in total. The van der Waals surface area contributed by atoms with Crippen molar-refractivity contribution in [3.05, 3.63) is 48.6 Å². The summed E-state index contributed by atoms with van der Waals surface area (Å²) in [6.07, 6.45) is 2.30. The first-order valence-corrected chi connectivity index (χ1v) is 11.9. The van der Waals surface area contributed by atoms with Crippen molar-refractivity contribution in [3.8, 4) is 0 Å². The van der Waals surface area contributed by atoms with Gasteiger partial charge in [0, 0.05) is 12.1 Å². The van der Waals surface area contributed by atoms with Crippen molar-refractivity contribution in [2.45, 2.75) is 69.4 Å². The quantitative estimate of drug-likeness (QED) is 0.562. The number of benzene rings is 1. The number of aliphatic hydroxyl groups excluding tert-OH is 1. The molecule has 8 nitrogen and oxygen atoms in total. The number of carboxylic acids is 1. The molecule has 3 saturated heterocycles. The molecule has 0 aliphatic carbocycles. The summed E-state index contributed by atoms with van der Waals surface area (Å²) < 4.78 is 6.28. The van der Waals surface area contributed by atoms with E-state index in [4.69, 9.17) is 4.74 Å². The minimum Gasteiger partial charge on any atom is -0.481 e. The van der Waals surface area contributed by atoms with Gasteiger partial charge in [0.2, 0.25) is 11.8 Å². The summed E-state index contributed by atoms with van der Waals surface area (Å²) in [7, 11) is 0. The number of hydrogen-bond acceptors (Lipinski definition) is 5. The lowest BCUT2D eigenvalue weighted by Crippen LogP contribution is -2.61. The summed E-state index contributed by atoms with van der Waals surface area (Å²) in [6.45, 7) is 9.43. The van der Waals surface area contributed by atoms with Gasteiger partial charge >= 0.3 is 5.97 Å². The van der Waals surface area contributed by atoms with Crippen LogP contribution in [0, 0.1) is 11.8 Å². The van der Waals surface area contributed by atoms with E-state index in [9.17, 15) is 24.6 Å². The zero-order valence-electron chi connectivity index (χ0n) is 20.0. The van der Waals surface area contributed by atoms with Gasteiger partial charge in [-0.3, -0.25) is 14.4 Å². The van der Waals surface area contributed by atoms with Gasteiger partial charge in [0.05, 0.1) is 30.6 Å². The van der Waals surface area contributed by atoms with E-state index in [2.05, 4.69) is 6.58 Å². The normalized spacial score (nSPS) is 30.8. The number of carboxylic acid groups (broad SMARTS) is 1. The largest absolute Gasteiger partial charge is 0.481 e. The van der Waals surface area contributed by atoms with Crippen LogP contribution >= 0.6 is 0 Å². The minimum absolute atomic E-state index is 0.274. The average molecular weight is 471 g/mol. The predicted molar refractivity (Wildman–Crippen MR) is 125 cm³/mol. The Morgan fingerprint density at radius 2 is 2.00 bits per heavy atom. The van der Waals surface area contributed by atoms with E-state index in [1.165, 1.54) is 4.90 Å². The van der Waals surface area contributed by atoms with E-state index in [0.717, 1.165) is 5.56 Å². The second-order valence-corrected chi connectivity index (χ2v) is 10.6. The standard InChI is InChI=1S/C26H34N2O6/c1-5-13-27(25(2,3)4)23(31)21-26-12-11-18(34-26)19(24(32)33)20(26)22(30)28(21)17(15-29)14-16-9-7-6-8-10-16/h5-10,17-21,29H,1,11-15H2,2-4H3,(H,32,33)/t17-,18+,19-,20+,21?,26?/m1/s1. The van der Waals surface area contributed by atoms with Gasteiger partial charge in [-0.05, 0) is 45.6 Å². The number of fused-ring (bicyclic) bond motifs is 1. The number of ether oxygens (including phenoxy) is 1. The molecule has 0 saturated carbocycles. The zero-order valence-corrected chi connectivity index (χ0v) is 20.0. The molecule has 3 heterocycles. The van der Waals surface area contributed by atoms with E-state index in [0.29, 0.717) is 19.3 Å². The maximum absolute atomic E-state index is 14.2. The van der Waals surface area contributed by atoms with Crippen molar-refractivity contribution in [1.82, 2.24) is 9.80 Å². The molecule has 2 bridgehead atoms. The Labute approximate surface area is 200 Å². The number of nitrogens with zero attached hydrogens (tertiary/aromatic N) is 2. The number of aliphatic hydroxyl groups is 1. The zero-order chi connectivity index (χ0) is 24.8. The molecule has 1 aromatic carbocycles. The first kappa shape index (κ1) is 24.4. The van der Waals surface area contributed by atoms with Crippen LogP contribution in [-0.2, 0) is 25.5 Å². The Morgan fingerprint density at radius 3 is 2.56 bits per heavy atom. The Hall–Kier alpha value is -2.71. The molecule has 2 unspecified atom stereocenters. The monoisotopic (exact) mass is 470 g/mol. The fraction of sp³-hybridized carbons (Fsp3) is 0.577. The van der Waals surface area contributed by atoms with E-state index < -0.39 is 53.0 Å². The molecular formula is C26H34N2O6. The predicted octanol–water partition coefficient (Wildman–Crippen LogP) is 1.86. The smallest absolute Gasteiger partial charge is 0.310 e. The highest BCUT2D eigenvalue weighted by Gasteiger charge is 2.75. The van der Waals surface area contributed by atoms with Crippen molar-refractivity contribution in [2.24, 2.45) is 11.8 Å². The SMILES string of the molecule is C=CCN(C(=O)C1N([C@@H](CO)Cc2ccccc2)C(=O)[C@@H]2[C@H](C(=O)O)[C@@H]3CCC12O3)C(C)(C)C. The summed E-state index contributed by atoms with van der Waals surface area (Å²) in [4.78, 5) is 43.4. The van der Waals surface area contributed by atoms with Gasteiger partial charge < -0.3 is 24.7 Å². The summed E-state index contributed by atoms with van der Waals surface area (Å²) in [5.41, 5.74) is -0.864. The lowest BCUT2D eigenvalue weighted by Gasteiger charge is -2.43. The van der Waals surface area contributed by atoms with Crippen LogP contribution in [0.3, 0.4) is 0 Å². The maximum Gasteiger partial charge on any atom is 0.310 e. The number of likely N-dealkylation sites (tertiary alicyclic amines) is 1. The van der Waals surface area contributed by atoms with E-state index in [1.807, 2.05) is 51.1 Å². The van der Waals surface area contributed by atoms with Crippen LogP contribution < -0.4 is 0 Å². The second-order valence-electron chi connectivity index (χ2n) is 10.6. The van der Waals surface area contributed by atoms with E-state index in [-0.39, 0.29) is 19.1 Å². The van der Waals surface area contributed by atoms with Crippen molar-refractivity contribution >= 4 is 17.8 Å². The lowest BCUT2D eigenvalue weighted by atomic mass is 9.70. The molecule has 184 valence electrons. The molecule has 3 fully saturated rings. The van der Waals surface area contributed by atoms with Gasteiger partial charge in [0.25, 0.3) is 0 Å². The molecule has 8 heteroatoms. The molecule has 6 atom stereocenters. The van der Waals surface area contributed by atoms with Crippen LogP contribution in [0.25, 0.3) is 0 Å². The van der Waals surface area contributed by atoms with Crippen LogP contribution in [0.4, 0.5) is 0 Å². The number of aliphatic carboxylic acids is 1. The Kier molecular flexibility index (Phi) is 6.33. The molecule has 1 spiro atoms. The first-order chi connectivity index (χ1) is 16.1. The Balaban J connectivity index is 1.81. The number of hydrogen-bond donors (Lipinski definition) is 2. The molecule has 4 rings (SSSR count). The summed E-state index contributed by atoms with van der Waals surface area (Å²) in [6, 6.07) is 7.74. The first-order valence-electron chi connectivity index (χ1n) is 11.9. The molecule has 0 radical (unpaired) electrons. The fourth-order valence-electron chi connectivity index (χ4n) is 6.15. The topological polar surface area (TPSA) is 107 Å². The molecule has 0 aromatic heterocycles. The van der Waals surface area contributed by atoms with Crippen LogP contribution in [0.15, 0.2) is 43.0 Å². The van der Waals surface area contributed by atoms with E-state index >= 15 is 0 Å². The van der Waals surface area contributed by atoms with E-state index in [1.54, 1.807) is 11.0 Å². The second kappa shape index (κ2) is 8.82. The maximum atomic E-state index is 14.2. The summed E-state index contributed by atoms with van der Waals surface area (Å²) >= 11 is 0. The van der Waals surface area contributed by atoms with Gasteiger partial charge in [-0.2, -0.15) is 0 Å². The molecule has 3 aliphatic rings. The van der Waals surface area contributed by atoms with Crippen molar-refractivity contribution in [3.63, 3.8) is 0 Å².